The van der Waals surface area contributed by atoms with Crippen LogP contribution >= 0.6 is 11.8 Å². The zero-order valence-corrected chi connectivity index (χ0v) is 19.2. The molecule has 0 fully saturated rings. The summed E-state index contributed by atoms with van der Waals surface area (Å²) in [6, 6.07) is 14.2. The van der Waals surface area contributed by atoms with E-state index >= 15 is 0 Å². The summed E-state index contributed by atoms with van der Waals surface area (Å²) in [6.07, 6.45) is 1.59. The van der Waals surface area contributed by atoms with Gasteiger partial charge >= 0.3 is 12.1 Å². The molecule has 2 amide bonds. The average Bonchev–Trinajstić information content (AvgIpc) is 3.12. The van der Waals surface area contributed by atoms with Crippen molar-refractivity contribution in [3.63, 3.8) is 0 Å². The molecular formula is C24H28N2O5S. The molecule has 1 aliphatic rings. The SMILES string of the molecule is CSCCC(NC(=O)OCC1c2ccccc2-c2ccccc21)C(=O)N(C)C(C)C(=O)O. The van der Waals surface area contributed by atoms with E-state index in [0.717, 1.165) is 27.2 Å². The van der Waals surface area contributed by atoms with Gasteiger partial charge in [-0.1, -0.05) is 48.5 Å². The van der Waals surface area contributed by atoms with Crippen LogP contribution in [0, 0.1) is 0 Å². The maximum Gasteiger partial charge on any atom is 0.407 e. The Balaban J connectivity index is 1.68. The zero-order valence-electron chi connectivity index (χ0n) is 18.4. The monoisotopic (exact) mass is 456 g/mol. The number of likely N-dealkylation sites (N-methyl/N-ethyl adjacent to an activating group) is 1. The minimum atomic E-state index is -1.11. The average molecular weight is 457 g/mol. The van der Waals surface area contributed by atoms with Crippen LogP contribution in [0.1, 0.15) is 30.4 Å². The van der Waals surface area contributed by atoms with Gasteiger partial charge in [-0.15, -0.1) is 0 Å². The van der Waals surface area contributed by atoms with Crippen molar-refractivity contribution in [2.45, 2.75) is 31.3 Å². The van der Waals surface area contributed by atoms with Gasteiger partial charge in [0, 0.05) is 13.0 Å². The molecule has 1 aliphatic carbocycles. The summed E-state index contributed by atoms with van der Waals surface area (Å²) in [5.41, 5.74) is 4.47. The van der Waals surface area contributed by atoms with E-state index in [1.807, 2.05) is 42.7 Å². The summed E-state index contributed by atoms with van der Waals surface area (Å²) >= 11 is 1.54. The maximum absolute atomic E-state index is 12.8. The number of carbonyl (C=O) groups excluding carboxylic acids is 2. The number of carbonyl (C=O) groups is 3. The van der Waals surface area contributed by atoms with Crippen LogP contribution in [0.25, 0.3) is 11.1 Å². The van der Waals surface area contributed by atoms with Crippen molar-refractivity contribution in [3.05, 3.63) is 59.7 Å². The van der Waals surface area contributed by atoms with Crippen LogP contribution in [0.15, 0.2) is 48.5 Å². The third-order valence-corrected chi connectivity index (χ3v) is 6.47. The van der Waals surface area contributed by atoms with Crippen molar-refractivity contribution in [3.8, 4) is 11.1 Å². The molecule has 0 bridgehead atoms. The number of carboxylic acids is 1. The third-order valence-electron chi connectivity index (χ3n) is 5.83. The number of carboxylic acid groups (broad SMARTS) is 1. The number of amides is 2. The fourth-order valence-corrected chi connectivity index (χ4v) is 4.35. The first kappa shape index (κ1) is 23.7. The highest BCUT2D eigenvalue weighted by Gasteiger charge is 2.31. The summed E-state index contributed by atoms with van der Waals surface area (Å²) in [6.45, 7) is 1.57. The highest BCUT2D eigenvalue weighted by Crippen LogP contribution is 2.44. The summed E-state index contributed by atoms with van der Waals surface area (Å²) < 4.78 is 5.54. The van der Waals surface area contributed by atoms with E-state index < -0.39 is 30.1 Å². The molecule has 2 atom stereocenters. The predicted octanol–water partition coefficient (Wildman–Crippen LogP) is 3.58. The van der Waals surface area contributed by atoms with Crippen LogP contribution in [0.2, 0.25) is 0 Å². The lowest BCUT2D eigenvalue weighted by Gasteiger charge is -2.27. The van der Waals surface area contributed by atoms with Crippen molar-refractivity contribution >= 4 is 29.7 Å². The molecule has 0 radical (unpaired) electrons. The molecule has 170 valence electrons. The van der Waals surface area contributed by atoms with Gasteiger partial charge in [-0.05, 0) is 47.6 Å². The van der Waals surface area contributed by atoms with Crippen molar-refractivity contribution in [2.75, 3.05) is 25.7 Å². The maximum atomic E-state index is 12.8. The Morgan fingerprint density at radius 2 is 1.66 bits per heavy atom. The zero-order chi connectivity index (χ0) is 23.3. The quantitative estimate of drug-likeness (QED) is 0.599. The van der Waals surface area contributed by atoms with Gasteiger partial charge in [0.1, 0.15) is 18.7 Å². The molecule has 7 nitrogen and oxygen atoms in total. The summed E-state index contributed by atoms with van der Waals surface area (Å²) in [5, 5.41) is 11.8. The van der Waals surface area contributed by atoms with Gasteiger partial charge in [-0.2, -0.15) is 11.8 Å². The molecule has 0 aliphatic heterocycles. The van der Waals surface area contributed by atoms with E-state index in [4.69, 9.17) is 4.74 Å². The largest absolute Gasteiger partial charge is 0.480 e. The summed E-state index contributed by atoms with van der Waals surface area (Å²) in [4.78, 5) is 37.8. The number of aliphatic carboxylic acids is 1. The Hall–Kier alpha value is -3.00. The molecule has 0 saturated carbocycles. The van der Waals surface area contributed by atoms with Gasteiger partial charge in [-0.25, -0.2) is 9.59 Å². The number of hydrogen-bond acceptors (Lipinski definition) is 5. The van der Waals surface area contributed by atoms with Gasteiger partial charge in [0.2, 0.25) is 5.91 Å². The van der Waals surface area contributed by atoms with Crippen LogP contribution in [0.3, 0.4) is 0 Å². The van der Waals surface area contributed by atoms with Crippen molar-refractivity contribution in [1.82, 2.24) is 10.2 Å². The Morgan fingerprint density at radius 1 is 1.09 bits per heavy atom. The molecule has 2 aromatic carbocycles. The second kappa shape index (κ2) is 10.5. The van der Waals surface area contributed by atoms with E-state index in [-0.39, 0.29) is 12.5 Å². The van der Waals surface area contributed by atoms with E-state index in [2.05, 4.69) is 17.4 Å². The molecule has 0 heterocycles. The minimum Gasteiger partial charge on any atom is -0.480 e. The lowest BCUT2D eigenvalue weighted by atomic mass is 9.98. The summed E-state index contributed by atoms with van der Waals surface area (Å²) in [5.74, 6) is -1.01. The van der Waals surface area contributed by atoms with Crippen molar-refractivity contribution in [1.29, 1.82) is 0 Å². The molecule has 8 heteroatoms. The molecule has 2 aromatic rings. The van der Waals surface area contributed by atoms with Gasteiger partial charge in [0.05, 0.1) is 0 Å². The Bertz CT molecular complexity index is 950. The Kier molecular flexibility index (Phi) is 7.80. The first-order valence-corrected chi connectivity index (χ1v) is 11.8. The first-order chi connectivity index (χ1) is 15.3. The predicted molar refractivity (Wildman–Crippen MR) is 125 cm³/mol. The van der Waals surface area contributed by atoms with Gasteiger partial charge in [0.15, 0.2) is 0 Å². The number of nitrogens with one attached hydrogen (secondary N) is 1. The molecule has 0 spiro atoms. The van der Waals surface area contributed by atoms with E-state index in [9.17, 15) is 19.5 Å². The number of nitrogens with zero attached hydrogens (tertiary/aromatic N) is 1. The highest BCUT2D eigenvalue weighted by atomic mass is 32.2. The van der Waals surface area contributed by atoms with Crippen molar-refractivity contribution < 1.29 is 24.2 Å². The molecule has 3 rings (SSSR count). The van der Waals surface area contributed by atoms with Gasteiger partial charge < -0.3 is 20.1 Å². The number of hydrogen-bond donors (Lipinski definition) is 2. The van der Waals surface area contributed by atoms with Crippen LogP contribution in [0.4, 0.5) is 4.79 Å². The van der Waals surface area contributed by atoms with Crippen LogP contribution in [0.5, 0.6) is 0 Å². The number of rotatable bonds is 9. The Morgan fingerprint density at radius 3 is 2.19 bits per heavy atom. The number of alkyl carbamates (subject to hydrolysis) is 1. The number of fused-ring (bicyclic) bond motifs is 3. The number of ether oxygens (including phenoxy) is 1. The lowest BCUT2D eigenvalue weighted by molar-refractivity contribution is -0.149. The highest BCUT2D eigenvalue weighted by molar-refractivity contribution is 7.98. The molecule has 2 unspecified atom stereocenters. The van der Waals surface area contributed by atoms with Crippen molar-refractivity contribution in [2.24, 2.45) is 0 Å². The molecule has 0 aromatic heterocycles. The molecule has 2 N–H and O–H groups in total. The summed E-state index contributed by atoms with van der Waals surface area (Å²) in [7, 11) is 1.42. The molecule has 32 heavy (non-hydrogen) atoms. The third kappa shape index (κ3) is 5.07. The second-order valence-electron chi connectivity index (χ2n) is 7.77. The molecule has 0 saturated heterocycles. The lowest BCUT2D eigenvalue weighted by Crippen LogP contribution is -2.51. The van der Waals surface area contributed by atoms with E-state index in [1.165, 1.54) is 14.0 Å². The number of benzene rings is 2. The standard InChI is InChI=1S/C24H28N2O5S/c1-15(23(28)29)26(2)22(27)21(12-13-32-3)25-24(30)31-14-20-18-10-6-4-8-16(18)17-9-5-7-11-19(17)20/h4-11,15,20-21H,12-14H2,1-3H3,(H,25,30)(H,28,29). The normalized spacial score (nSPS) is 14.1. The Labute approximate surface area is 192 Å². The van der Waals surface area contributed by atoms with E-state index in [1.54, 1.807) is 11.8 Å². The van der Waals surface area contributed by atoms with Crippen LogP contribution in [-0.4, -0.2) is 65.7 Å². The fraction of sp³-hybridized carbons (Fsp3) is 0.375. The fourth-order valence-electron chi connectivity index (χ4n) is 3.88. The van der Waals surface area contributed by atoms with Crippen LogP contribution in [-0.2, 0) is 14.3 Å². The van der Waals surface area contributed by atoms with Crippen LogP contribution < -0.4 is 5.32 Å². The first-order valence-electron chi connectivity index (χ1n) is 10.4. The van der Waals surface area contributed by atoms with E-state index in [0.29, 0.717) is 12.2 Å². The van der Waals surface area contributed by atoms with Gasteiger partial charge in [0.25, 0.3) is 0 Å². The topological polar surface area (TPSA) is 95.9 Å². The second-order valence-corrected chi connectivity index (χ2v) is 8.75. The number of thioether (sulfide) groups is 1. The minimum absolute atomic E-state index is 0.0804. The van der Waals surface area contributed by atoms with Gasteiger partial charge in [-0.3, -0.25) is 4.79 Å². The molecular weight excluding hydrogens is 428 g/mol. The smallest absolute Gasteiger partial charge is 0.407 e.